The fraction of sp³-hybridized carbons (Fsp3) is 0.500. The summed E-state index contributed by atoms with van der Waals surface area (Å²) in [4.78, 5) is 49.5. The van der Waals surface area contributed by atoms with E-state index in [2.05, 4.69) is 20.4 Å². The number of carbonyl (C=O) groups is 3. The zero-order valence-corrected chi connectivity index (χ0v) is 14.5. The number of aromatic nitrogens is 1. The predicted molar refractivity (Wildman–Crippen MR) is 88.7 cm³/mol. The number of pyridine rings is 1. The molecule has 1 rings (SSSR count). The van der Waals surface area contributed by atoms with E-state index < -0.39 is 23.5 Å². The molecule has 0 radical (unpaired) electrons. The van der Waals surface area contributed by atoms with E-state index in [0.29, 0.717) is 0 Å². The van der Waals surface area contributed by atoms with E-state index in [0.717, 1.165) is 0 Å². The number of H-pyrrole nitrogens is 1. The summed E-state index contributed by atoms with van der Waals surface area (Å²) in [5.74, 6) is -1.47. The molecule has 0 aliphatic heterocycles. The van der Waals surface area contributed by atoms with Crippen molar-refractivity contribution in [3.05, 3.63) is 28.2 Å². The molecular weight excluding hydrogens is 314 g/mol. The minimum Gasteiger partial charge on any atom is -0.465 e. The fourth-order valence-corrected chi connectivity index (χ4v) is 1.89. The third-order valence-corrected chi connectivity index (χ3v) is 3.04. The highest BCUT2D eigenvalue weighted by Crippen LogP contribution is 2.18. The lowest BCUT2D eigenvalue weighted by atomic mass is 9.92. The van der Waals surface area contributed by atoms with Gasteiger partial charge < -0.3 is 20.4 Å². The molecule has 0 spiro atoms. The second-order valence-corrected chi connectivity index (χ2v) is 6.64. The van der Waals surface area contributed by atoms with Gasteiger partial charge in [0.05, 0.1) is 12.7 Å². The topological polar surface area (TPSA) is 117 Å². The third-order valence-electron chi connectivity index (χ3n) is 3.04. The van der Waals surface area contributed by atoms with Crippen LogP contribution in [0.5, 0.6) is 0 Å². The fourth-order valence-electron chi connectivity index (χ4n) is 1.89. The molecule has 3 N–H and O–H groups in total. The first-order valence-electron chi connectivity index (χ1n) is 7.45. The van der Waals surface area contributed by atoms with Crippen LogP contribution in [-0.4, -0.2) is 35.9 Å². The predicted octanol–water partition coefficient (Wildman–Crippen LogP) is 1.04. The monoisotopic (exact) mass is 337 g/mol. The lowest BCUT2D eigenvalue weighted by Crippen LogP contribution is -2.43. The zero-order valence-electron chi connectivity index (χ0n) is 14.5. The summed E-state index contributed by atoms with van der Waals surface area (Å²) >= 11 is 0. The highest BCUT2D eigenvalue weighted by Gasteiger charge is 2.21. The summed E-state index contributed by atoms with van der Waals surface area (Å²) in [6.45, 7) is 7.24. The summed E-state index contributed by atoms with van der Waals surface area (Å²) in [6, 6.07) is 0.382. The van der Waals surface area contributed by atoms with Crippen molar-refractivity contribution >= 4 is 23.5 Å². The van der Waals surface area contributed by atoms with E-state index in [4.69, 9.17) is 0 Å². The van der Waals surface area contributed by atoms with Crippen LogP contribution in [-0.2, 0) is 14.3 Å². The van der Waals surface area contributed by atoms with Crippen LogP contribution in [0.2, 0.25) is 0 Å². The summed E-state index contributed by atoms with van der Waals surface area (Å²) < 4.78 is 4.55. The largest absolute Gasteiger partial charge is 0.465 e. The number of rotatable bonds is 5. The van der Waals surface area contributed by atoms with Crippen LogP contribution < -0.4 is 16.2 Å². The number of carbonyl (C=O) groups excluding carboxylic acids is 3. The number of amides is 2. The molecule has 0 aromatic carbocycles. The Hall–Kier alpha value is -2.64. The highest BCUT2D eigenvalue weighted by molar-refractivity contribution is 5.98. The smallest absolute Gasteiger partial charge is 0.339 e. The molecule has 132 valence electrons. The molecule has 2 amide bonds. The van der Waals surface area contributed by atoms with Crippen molar-refractivity contribution in [1.29, 1.82) is 0 Å². The van der Waals surface area contributed by atoms with Crippen molar-refractivity contribution in [2.24, 2.45) is 5.41 Å². The number of hydrogen-bond donors (Lipinski definition) is 3. The second kappa shape index (κ2) is 7.76. The summed E-state index contributed by atoms with van der Waals surface area (Å²) in [7, 11) is 1.21. The van der Waals surface area contributed by atoms with E-state index in [-0.39, 0.29) is 29.0 Å². The molecule has 24 heavy (non-hydrogen) atoms. The Morgan fingerprint density at radius 2 is 1.92 bits per heavy atom. The van der Waals surface area contributed by atoms with Crippen molar-refractivity contribution < 1.29 is 19.1 Å². The quantitative estimate of drug-likeness (QED) is 0.694. The molecule has 0 saturated carbocycles. The van der Waals surface area contributed by atoms with E-state index in [1.54, 1.807) is 0 Å². The van der Waals surface area contributed by atoms with E-state index >= 15 is 0 Å². The highest BCUT2D eigenvalue weighted by atomic mass is 16.5. The molecule has 0 unspecified atom stereocenters. The normalized spacial score (nSPS) is 12.2. The van der Waals surface area contributed by atoms with Gasteiger partial charge in [-0.15, -0.1) is 0 Å². The Bertz CT molecular complexity index is 688. The second-order valence-electron chi connectivity index (χ2n) is 6.64. The van der Waals surface area contributed by atoms with Gasteiger partial charge in [0.25, 0.3) is 5.56 Å². The average Bonchev–Trinajstić information content (AvgIpc) is 2.46. The van der Waals surface area contributed by atoms with Crippen LogP contribution in [0.3, 0.4) is 0 Å². The summed E-state index contributed by atoms with van der Waals surface area (Å²) in [5, 5.41) is 4.96. The van der Waals surface area contributed by atoms with Gasteiger partial charge in [0.15, 0.2) is 0 Å². The maximum absolute atomic E-state index is 12.1. The van der Waals surface area contributed by atoms with Gasteiger partial charge in [-0.1, -0.05) is 20.8 Å². The van der Waals surface area contributed by atoms with E-state index in [9.17, 15) is 19.2 Å². The Morgan fingerprint density at radius 3 is 2.46 bits per heavy atom. The molecule has 1 atom stereocenters. The van der Waals surface area contributed by atoms with Crippen molar-refractivity contribution in [1.82, 2.24) is 10.3 Å². The molecule has 8 nitrogen and oxygen atoms in total. The molecule has 0 aliphatic rings. The number of anilines is 1. The van der Waals surface area contributed by atoms with Gasteiger partial charge in [0.1, 0.15) is 11.7 Å². The molecule has 8 heteroatoms. The van der Waals surface area contributed by atoms with Crippen LogP contribution >= 0.6 is 0 Å². The first-order valence-corrected chi connectivity index (χ1v) is 7.45. The van der Waals surface area contributed by atoms with Gasteiger partial charge >= 0.3 is 5.97 Å². The maximum Gasteiger partial charge on any atom is 0.339 e. The average molecular weight is 337 g/mol. The minimum absolute atomic E-state index is 0.0943. The van der Waals surface area contributed by atoms with E-state index in [1.165, 1.54) is 26.3 Å². The van der Waals surface area contributed by atoms with Crippen LogP contribution in [0.1, 0.15) is 44.5 Å². The Balaban J connectivity index is 2.78. The molecular formula is C16H23N3O5. The number of nitrogens with one attached hydrogen (secondary N) is 3. The first kappa shape index (κ1) is 19.4. The van der Waals surface area contributed by atoms with Gasteiger partial charge in [-0.2, -0.15) is 0 Å². The summed E-state index contributed by atoms with van der Waals surface area (Å²) in [5.41, 5.74) is -0.771. The van der Waals surface area contributed by atoms with Crippen molar-refractivity contribution in [3.8, 4) is 0 Å². The van der Waals surface area contributed by atoms with Crippen molar-refractivity contribution in [3.63, 3.8) is 0 Å². The molecule has 1 aromatic rings. The number of ether oxygens (including phenoxy) is 1. The number of methoxy groups -OCH3 is 1. The Morgan fingerprint density at radius 1 is 1.29 bits per heavy atom. The zero-order chi connectivity index (χ0) is 18.5. The lowest BCUT2D eigenvalue weighted by molar-refractivity contribution is -0.127. The van der Waals surface area contributed by atoms with Crippen LogP contribution in [0.15, 0.2) is 17.1 Å². The van der Waals surface area contributed by atoms with Gasteiger partial charge in [-0.25, -0.2) is 4.79 Å². The SMILES string of the molecule is COC(=O)c1c[nH]c(=O)c(NC(=O)[C@H](C)NC(=O)CC(C)(C)C)c1. The number of aromatic amines is 1. The first-order chi connectivity index (χ1) is 11.0. The number of esters is 1. The molecule has 1 heterocycles. The Labute approximate surface area is 140 Å². The third kappa shape index (κ3) is 5.86. The molecule has 0 bridgehead atoms. The van der Waals surface area contributed by atoms with Crippen LogP contribution in [0.25, 0.3) is 0 Å². The van der Waals surface area contributed by atoms with Crippen LogP contribution in [0, 0.1) is 5.41 Å². The van der Waals surface area contributed by atoms with Gasteiger partial charge in [-0.3, -0.25) is 14.4 Å². The van der Waals surface area contributed by atoms with Gasteiger partial charge in [-0.05, 0) is 18.4 Å². The van der Waals surface area contributed by atoms with Crippen molar-refractivity contribution in [2.75, 3.05) is 12.4 Å². The van der Waals surface area contributed by atoms with Crippen molar-refractivity contribution in [2.45, 2.75) is 40.2 Å². The summed E-state index contributed by atoms with van der Waals surface area (Å²) in [6.07, 6.45) is 1.46. The maximum atomic E-state index is 12.1. The Kier molecular flexibility index (Phi) is 6.27. The van der Waals surface area contributed by atoms with Gasteiger partial charge in [0, 0.05) is 12.6 Å². The number of hydrogen-bond acceptors (Lipinski definition) is 5. The van der Waals surface area contributed by atoms with E-state index in [1.807, 2.05) is 20.8 Å². The molecule has 0 aliphatic carbocycles. The molecule has 0 saturated heterocycles. The lowest BCUT2D eigenvalue weighted by Gasteiger charge is -2.19. The molecule has 0 fully saturated rings. The standard InChI is InChI=1S/C16H23N3O5/c1-9(18-12(20)7-16(2,3)4)13(21)19-11-6-10(15(23)24-5)8-17-14(11)22/h6,8-9H,7H2,1-5H3,(H,17,22)(H,18,20)(H,19,21)/t9-/m0/s1. The molecule has 1 aromatic heterocycles. The van der Waals surface area contributed by atoms with Gasteiger partial charge in [0.2, 0.25) is 11.8 Å². The minimum atomic E-state index is -0.832. The van der Waals surface area contributed by atoms with Crippen LogP contribution in [0.4, 0.5) is 5.69 Å².